The first-order chi connectivity index (χ1) is 13.7. The second kappa shape index (κ2) is 8.27. The number of aromatic nitrogens is 2. The molecule has 2 heterocycles. The lowest BCUT2D eigenvalue weighted by Crippen LogP contribution is -2.07. The number of hydrogen-bond acceptors (Lipinski definition) is 6. The van der Waals surface area contributed by atoms with Gasteiger partial charge in [0, 0.05) is 28.1 Å². The Morgan fingerprint density at radius 3 is 2.82 bits per heavy atom. The van der Waals surface area contributed by atoms with Crippen molar-refractivity contribution >= 4 is 28.6 Å². The van der Waals surface area contributed by atoms with Crippen molar-refractivity contribution in [2.24, 2.45) is 0 Å². The van der Waals surface area contributed by atoms with Gasteiger partial charge < -0.3 is 9.26 Å². The number of thioether (sulfide) groups is 1. The Kier molecular flexibility index (Phi) is 5.39. The summed E-state index contributed by atoms with van der Waals surface area (Å²) >= 11 is 1.52. The van der Waals surface area contributed by atoms with E-state index >= 15 is 0 Å². The minimum absolute atomic E-state index is 0.174. The molecule has 0 atom stereocenters. The number of aryl methyl sites for hydroxylation is 1. The van der Waals surface area contributed by atoms with Gasteiger partial charge in [-0.25, -0.2) is 4.79 Å². The maximum Gasteiger partial charge on any atom is 0.339 e. The largest absolute Gasteiger partial charge is 0.457 e. The summed E-state index contributed by atoms with van der Waals surface area (Å²) in [5, 5.41) is 4.91. The first kappa shape index (κ1) is 18.3. The molecule has 0 unspecified atom stereocenters. The summed E-state index contributed by atoms with van der Waals surface area (Å²) in [6.45, 7) is 2.05. The molecule has 4 aromatic rings. The van der Waals surface area contributed by atoms with Crippen LogP contribution in [0.25, 0.3) is 10.9 Å². The first-order valence-corrected chi connectivity index (χ1v) is 9.83. The smallest absolute Gasteiger partial charge is 0.339 e. The van der Waals surface area contributed by atoms with Gasteiger partial charge in [0.2, 0.25) is 0 Å². The summed E-state index contributed by atoms with van der Waals surface area (Å²) in [4.78, 5) is 17.9. The minimum Gasteiger partial charge on any atom is -0.457 e. The van der Waals surface area contributed by atoms with E-state index in [1.54, 1.807) is 12.3 Å². The highest BCUT2D eigenvalue weighted by atomic mass is 32.2. The lowest BCUT2D eigenvalue weighted by atomic mass is 10.1. The van der Waals surface area contributed by atoms with Crippen molar-refractivity contribution in [2.75, 3.05) is 0 Å². The van der Waals surface area contributed by atoms with Gasteiger partial charge in [0.05, 0.1) is 22.5 Å². The highest BCUT2D eigenvalue weighted by molar-refractivity contribution is 7.98. The lowest BCUT2D eigenvalue weighted by Gasteiger charge is -2.10. The zero-order chi connectivity index (χ0) is 19.3. The maximum atomic E-state index is 12.7. The van der Waals surface area contributed by atoms with Crippen LogP contribution in [0.3, 0.4) is 0 Å². The van der Waals surface area contributed by atoms with E-state index in [-0.39, 0.29) is 12.6 Å². The summed E-state index contributed by atoms with van der Waals surface area (Å²) in [5.74, 6) is 1.01. The number of carbonyl (C=O) groups is 1. The quantitative estimate of drug-likeness (QED) is 0.334. The fourth-order valence-electron chi connectivity index (χ4n) is 2.90. The van der Waals surface area contributed by atoms with Crippen molar-refractivity contribution in [3.05, 3.63) is 89.4 Å². The second-order valence-corrected chi connectivity index (χ2v) is 7.31. The fourth-order valence-corrected chi connectivity index (χ4v) is 3.81. The maximum absolute atomic E-state index is 12.7. The van der Waals surface area contributed by atoms with E-state index in [0.717, 1.165) is 32.8 Å². The van der Waals surface area contributed by atoms with Crippen molar-refractivity contribution in [3.63, 3.8) is 0 Å². The molecule has 0 bridgehead atoms. The van der Waals surface area contributed by atoms with Crippen molar-refractivity contribution in [1.82, 2.24) is 10.1 Å². The average Bonchev–Trinajstić information content (AvgIpc) is 3.16. The van der Waals surface area contributed by atoms with E-state index in [1.807, 2.05) is 61.5 Å². The SMILES string of the molecule is Cc1cc(CSc2ccccc2C(=O)OCc2cccc3cccnc23)on1. The van der Waals surface area contributed by atoms with Crippen molar-refractivity contribution in [1.29, 1.82) is 0 Å². The molecule has 0 aliphatic rings. The van der Waals surface area contributed by atoms with Gasteiger partial charge in [0.25, 0.3) is 0 Å². The number of para-hydroxylation sites is 1. The van der Waals surface area contributed by atoms with Gasteiger partial charge in [-0.15, -0.1) is 11.8 Å². The number of hydrogen-bond donors (Lipinski definition) is 0. The van der Waals surface area contributed by atoms with Gasteiger partial charge >= 0.3 is 5.97 Å². The molecule has 0 radical (unpaired) electrons. The first-order valence-electron chi connectivity index (χ1n) is 8.84. The van der Waals surface area contributed by atoms with Gasteiger partial charge in [-0.1, -0.05) is 41.6 Å². The molecule has 0 aliphatic heterocycles. The van der Waals surface area contributed by atoms with E-state index in [2.05, 4.69) is 10.1 Å². The number of benzene rings is 2. The Bertz CT molecular complexity index is 1120. The fraction of sp³-hybridized carbons (Fsp3) is 0.136. The molecule has 0 fully saturated rings. The summed E-state index contributed by atoms with van der Waals surface area (Å²) in [6.07, 6.45) is 1.74. The number of esters is 1. The molecule has 0 saturated carbocycles. The molecule has 2 aromatic heterocycles. The summed E-state index contributed by atoms with van der Waals surface area (Å²) in [6, 6.07) is 19.0. The van der Waals surface area contributed by atoms with Crippen LogP contribution >= 0.6 is 11.8 Å². The average molecular weight is 390 g/mol. The normalized spacial score (nSPS) is 10.9. The highest BCUT2D eigenvalue weighted by Crippen LogP contribution is 2.27. The third kappa shape index (κ3) is 4.07. The van der Waals surface area contributed by atoms with E-state index < -0.39 is 0 Å². The van der Waals surface area contributed by atoms with Crippen molar-refractivity contribution < 1.29 is 14.1 Å². The second-order valence-electron chi connectivity index (χ2n) is 6.29. The molecule has 140 valence electrons. The van der Waals surface area contributed by atoms with Gasteiger partial charge in [0.15, 0.2) is 0 Å². The highest BCUT2D eigenvalue weighted by Gasteiger charge is 2.15. The van der Waals surface area contributed by atoms with Crippen LogP contribution in [0.1, 0.15) is 27.4 Å². The molecule has 28 heavy (non-hydrogen) atoms. The van der Waals surface area contributed by atoms with E-state index in [1.165, 1.54) is 11.8 Å². The predicted octanol–water partition coefficient (Wildman–Crippen LogP) is 5.18. The van der Waals surface area contributed by atoms with Crippen LogP contribution < -0.4 is 0 Å². The summed E-state index contributed by atoms with van der Waals surface area (Å²) in [5.41, 5.74) is 3.11. The van der Waals surface area contributed by atoms with E-state index in [0.29, 0.717) is 11.3 Å². The Hall–Kier alpha value is -3.12. The molecule has 5 nitrogen and oxygen atoms in total. The summed E-state index contributed by atoms with van der Waals surface area (Å²) in [7, 11) is 0. The molecule has 0 spiro atoms. The number of rotatable bonds is 6. The predicted molar refractivity (Wildman–Crippen MR) is 108 cm³/mol. The zero-order valence-electron chi connectivity index (χ0n) is 15.3. The topological polar surface area (TPSA) is 65.2 Å². The standard InChI is InChI=1S/C22H18N2O3S/c1-15-12-18(27-24-15)14-28-20-10-3-2-9-19(20)22(25)26-13-17-7-4-6-16-8-5-11-23-21(16)17/h2-12H,13-14H2,1H3. The van der Waals surface area contributed by atoms with Crippen LogP contribution in [-0.2, 0) is 17.1 Å². The molecule has 0 saturated heterocycles. The lowest BCUT2D eigenvalue weighted by molar-refractivity contribution is 0.0470. The molecule has 0 N–H and O–H groups in total. The number of carbonyl (C=O) groups excluding carboxylic acids is 1. The van der Waals surface area contributed by atoms with Gasteiger partial charge in [-0.3, -0.25) is 4.98 Å². The molecule has 0 aliphatic carbocycles. The number of ether oxygens (including phenoxy) is 1. The molecule has 4 rings (SSSR count). The third-order valence-corrected chi connectivity index (χ3v) is 5.32. The van der Waals surface area contributed by atoms with Crippen LogP contribution in [0.15, 0.2) is 76.3 Å². The zero-order valence-corrected chi connectivity index (χ0v) is 16.1. The molecule has 0 amide bonds. The van der Waals surface area contributed by atoms with Crippen LogP contribution in [0.5, 0.6) is 0 Å². The molecule has 2 aromatic carbocycles. The van der Waals surface area contributed by atoms with Crippen LogP contribution in [-0.4, -0.2) is 16.1 Å². The van der Waals surface area contributed by atoms with Crippen molar-refractivity contribution in [3.8, 4) is 0 Å². The van der Waals surface area contributed by atoms with Gasteiger partial charge in [0.1, 0.15) is 12.4 Å². The minimum atomic E-state index is -0.357. The Morgan fingerprint density at radius 1 is 1.11 bits per heavy atom. The van der Waals surface area contributed by atoms with Gasteiger partial charge in [-0.05, 0) is 25.1 Å². The Balaban J connectivity index is 1.47. The Labute approximate surface area is 166 Å². The Morgan fingerprint density at radius 2 is 1.96 bits per heavy atom. The number of fused-ring (bicyclic) bond motifs is 1. The van der Waals surface area contributed by atoms with Crippen molar-refractivity contribution in [2.45, 2.75) is 24.2 Å². The summed E-state index contributed by atoms with van der Waals surface area (Å²) < 4.78 is 10.8. The molecule has 6 heteroatoms. The number of pyridine rings is 1. The molecular weight excluding hydrogens is 372 g/mol. The van der Waals surface area contributed by atoms with Crippen LogP contribution in [0.4, 0.5) is 0 Å². The van der Waals surface area contributed by atoms with E-state index in [9.17, 15) is 4.79 Å². The van der Waals surface area contributed by atoms with E-state index in [4.69, 9.17) is 9.26 Å². The third-order valence-electron chi connectivity index (χ3n) is 4.23. The number of nitrogens with zero attached hydrogens (tertiary/aromatic N) is 2. The van der Waals surface area contributed by atoms with Crippen LogP contribution in [0, 0.1) is 6.92 Å². The van der Waals surface area contributed by atoms with Gasteiger partial charge in [-0.2, -0.15) is 0 Å². The monoisotopic (exact) mass is 390 g/mol. The van der Waals surface area contributed by atoms with Crippen LogP contribution in [0.2, 0.25) is 0 Å². The molecular formula is C22H18N2O3S.